The van der Waals surface area contributed by atoms with Crippen molar-refractivity contribution in [3.63, 3.8) is 0 Å². The zero-order chi connectivity index (χ0) is 15.5. The number of nitrogens with zero attached hydrogens (tertiary/aromatic N) is 1. The Hall–Kier alpha value is -1.10. The lowest BCUT2D eigenvalue weighted by atomic mass is 10.3. The van der Waals surface area contributed by atoms with Gasteiger partial charge in [-0.3, -0.25) is 14.4 Å². The van der Waals surface area contributed by atoms with Gasteiger partial charge in [-0.05, 0) is 27.1 Å². The van der Waals surface area contributed by atoms with Gasteiger partial charge in [0.25, 0.3) is 0 Å². The van der Waals surface area contributed by atoms with Gasteiger partial charge in [0.15, 0.2) is 17.7 Å². The van der Waals surface area contributed by atoms with Gasteiger partial charge in [-0.15, -0.1) is 0 Å². The van der Waals surface area contributed by atoms with Gasteiger partial charge in [0, 0.05) is 19.3 Å². The van der Waals surface area contributed by atoms with Crippen LogP contribution in [0.2, 0.25) is 0 Å². The Bertz CT molecular complexity index is 319. The summed E-state index contributed by atoms with van der Waals surface area (Å²) in [5, 5.41) is 0. The first-order chi connectivity index (χ1) is 9.38. The second-order valence-corrected chi connectivity index (χ2v) is 6.48. The van der Waals surface area contributed by atoms with Crippen molar-refractivity contribution in [2.75, 3.05) is 20.6 Å². The minimum atomic E-state index is -2.32. The fraction of sp³-hybridized carbons (Fsp3) is 0.750. The number of rotatable bonds is 9. The van der Waals surface area contributed by atoms with Gasteiger partial charge >= 0.3 is 14.8 Å². The zero-order valence-corrected chi connectivity index (χ0v) is 13.9. The van der Waals surface area contributed by atoms with Crippen LogP contribution in [0.3, 0.4) is 0 Å². The van der Waals surface area contributed by atoms with Crippen molar-refractivity contribution in [1.82, 2.24) is 17.8 Å². The third-order valence-corrected chi connectivity index (χ3v) is 4.40. The molecule has 0 rings (SSSR count). The largest absolute Gasteiger partial charge is 0.740 e. The molecule has 114 valence electrons. The van der Waals surface area contributed by atoms with E-state index in [1.54, 1.807) is 13.8 Å². The molecule has 0 aliphatic carbocycles. The van der Waals surface area contributed by atoms with Crippen molar-refractivity contribution in [2.45, 2.75) is 39.5 Å². The molecule has 0 spiro atoms. The summed E-state index contributed by atoms with van der Waals surface area (Å²) in [7, 11) is 3.89. The summed E-state index contributed by atoms with van der Waals surface area (Å²) in [4.78, 5) is 36.6. The Morgan fingerprint density at radius 1 is 0.900 bits per heavy atom. The molecule has 0 aliphatic heterocycles. The Labute approximate surface area is 125 Å². The fourth-order valence-corrected chi connectivity index (χ4v) is 3.16. The maximum absolute atomic E-state index is 11.8. The molecule has 0 aromatic heterocycles. The molecule has 0 saturated heterocycles. The van der Waals surface area contributed by atoms with E-state index >= 15 is 0 Å². The average Bonchev–Trinajstić information content (AvgIpc) is 2.37. The highest BCUT2D eigenvalue weighted by molar-refractivity contribution is 6.59. The molecule has 3 amide bonds. The second-order valence-electron chi connectivity index (χ2n) is 4.75. The van der Waals surface area contributed by atoms with Crippen LogP contribution in [0.15, 0.2) is 0 Å². The van der Waals surface area contributed by atoms with E-state index in [-0.39, 0.29) is 17.7 Å². The third-order valence-electron chi connectivity index (χ3n) is 2.57. The van der Waals surface area contributed by atoms with Crippen LogP contribution in [-0.2, 0) is 14.4 Å². The van der Waals surface area contributed by atoms with Gasteiger partial charge in [-0.1, -0.05) is 13.8 Å². The van der Waals surface area contributed by atoms with Crippen molar-refractivity contribution in [1.29, 1.82) is 0 Å². The lowest BCUT2D eigenvalue weighted by Crippen LogP contribution is -2.62. The number of amides is 3. The summed E-state index contributed by atoms with van der Waals surface area (Å²) in [6, 6.07) is 0. The first-order valence-corrected chi connectivity index (χ1v) is 8.65. The quantitative estimate of drug-likeness (QED) is 0.500. The minimum absolute atomic E-state index is 0.142. The first kappa shape index (κ1) is 18.9. The van der Waals surface area contributed by atoms with Crippen LogP contribution in [0.1, 0.15) is 39.5 Å². The molecule has 3 N–H and O–H groups in total. The van der Waals surface area contributed by atoms with Crippen LogP contribution < -0.4 is 12.9 Å². The van der Waals surface area contributed by atoms with Crippen molar-refractivity contribution in [3.8, 4) is 0 Å². The summed E-state index contributed by atoms with van der Waals surface area (Å²) >= 11 is -2.32. The standard InChI is InChI=1S/C6H14N2O.2C3H7NO.Al/c1-8(2)5-3-4-6(7)9;2*1-2-3(4)5;/h3-5H2,1-2H3,(H2,7,9);2*2H2,1H3,(H2,4,5);/q;;;+3/p-3. The first-order valence-electron chi connectivity index (χ1n) is 6.91. The second kappa shape index (κ2) is 10.7. The lowest BCUT2D eigenvalue weighted by molar-refractivity contribution is -0.120. The van der Waals surface area contributed by atoms with Crippen LogP contribution in [0.5, 0.6) is 0 Å². The Morgan fingerprint density at radius 2 is 1.35 bits per heavy atom. The van der Waals surface area contributed by atoms with Gasteiger partial charge in [-0.25, -0.2) is 0 Å². The van der Waals surface area contributed by atoms with E-state index < -0.39 is 14.8 Å². The molecule has 0 aliphatic rings. The predicted octanol–water partition coefficient (Wildman–Crippen LogP) is -0.518. The van der Waals surface area contributed by atoms with E-state index in [0.29, 0.717) is 19.3 Å². The monoisotopic (exact) mass is 300 g/mol. The number of carbonyl (C=O) groups is 3. The molecule has 0 radical (unpaired) electrons. The summed E-state index contributed by atoms with van der Waals surface area (Å²) in [6.45, 7) is 4.27. The maximum Gasteiger partial charge on any atom is 0.740 e. The van der Waals surface area contributed by atoms with Crippen LogP contribution >= 0.6 is 0 Å². The topological polar surface area (TPSA) is 90.5 Å². The van der Waals surface area contributed by atoms with E-state index in [1.165, 1.54) is 0 Å². The lowest BCUT2D eigenvalue weighted by Gasteiger charge is -2.15. The zero-order valence-electron chi connectivity index (χ0n) is 12.8. The predicted molar refractivity (Wildman–Crippen MR) is 78.6 cm³/mol. The number of nitrogens with one attached hydrogen (secondary N) is 3. The van der Waals surface area contributed by atoms with Gasteiger partial charge in [0.1, 0.15) is 0 Å². The van der Waals surface area contributed by atoms with E-state index in [4.69, 9.17) is 0 Å². The summed E-state index contributed by atoms with van der Waals surface area (Å²) < 4.78 is 8.11. The van der Waals surface area contributed by atoms with Crippen LogP contribution in [0.4, 0.5) is 0 Å². The normalized spacial score (nSPS) is 10.1. The minimum Gasteiger partial charge on any atom is -0.409 e. The smallest absolute Gasteiger partial charge is 0.409 e. The molecular formula is C12H25AlN4O3. The Balaban J connectivity index is 4.28. The third kappa shape index (κ3) is 9.78. The Kier molecular flexibility index (Phi) is 10.1. The molecule has 0 heterocycles. The molecule has 7 nitrogen and oxygen atoms in total. The molecule has 20 heavy (non-hydrogen) atoms. The van der Waals surface area contributed by atoms with Crippen molar-refractivity contribution < 1.29 is 14.4 Å². The fourth-order valence-electron chi connectivity index (χ4n) is 1.42. The molecule has 0 fully saturated rings. The maximum atomic E-state index is 11.8. The van der Waals surface area contributed by atoms with E-state index in [0.717, 1.165) is 13.0 Å². The van der Waals surface area contributed by atoms with E-state index in [2.05, 4.69) is 12.9 Å². The van der Waals surface area contributed by atoms with Crippen molar-refractivity contribution in [2.24, 2.45) is 0 Å². The highest BCUT2D eigenvalue weighted by Gasteiger charge is 2.29. The highest BCUT2D eigenvalue weighted by Crippen LogP contribution is 1.91. The van der Waals surface area contributed by atoms with Crippen molar-refractivity contribution in [3.05, 3.63) is 0 Å². The van der Waals surface area contributed by atoms with Crippen LogP contribution in [0, 0.1) is 0 Å². The Morgan fingerprint density at radius 3 is 1.75 bits per heavy atom. The summed E-state index contributed by atoms with van der Waals surface area (Å²) in [6.07, 6.45) is 1.76. The summed E-state index contributed by atoms with van der Waals surface area (Å²) in [5.74, 6) is -0.491. The molecule has 8 heteroatoms. The highest BCUT2D eigenvalue weighted by atomic mass is 27.2. The van der Waals surface area contributed by atoms with Crippen molar-refractivity contribution >= 4 is 32.5 Å². The summed E-state index contributed by atoms with van der Waals surface area (Å²) in [5.41, 5.74) is 0. The molecule has 0 aromatic carbocycles. The average molecular weight is 300 g/mol. The SMILES string of the molecule is CCC(=O)[NH][Al]([NH]C(=O)CC)[NH]C(=O)CCCN(C)C. The van der Waals surface area contributed by atoms with Crippen LogP contribution in [0.25, 0.3) is 0 Å². The molecule has 0 saturated carbocycles. The van der Waals surface area contributed by atoms with Gasteiger partial charge < -0.3 is 17.8 Å². The van der Waals surface area contributed by atoms with Gasteiger partial charge in [-0.2, -0.15) is 0 Å². The number of hydrogen-bond donors (Lipinski definition) is 3. The molecule has 0 unspecified atom stereocenters. The molecule has 0 aromatic rings. The van der Waals surface area contributed by atoms with E-state index in [1.807, 2.05) is 19.0 Å². The van der Waals surface area contributed by atoms with Crippen LogP contribution in [-0.4, -0.2) is 58.1 Å². The molecule has 0 bridgehead atoms. The number of hydrogen-bond acceptors (Lipinski definition) is 4. The molecular weight excluding hydrogens is 275 g/mol. The van der Waals surface area contributed by atoms with Gasteiger partial charge in [0.2, 0.25) is 0 Å². The van der Waals surface area contributed by atoms with E-state index in [9.17, 15) is 14.4 Å². The van der Waals surface area contributed by atoms with Gasteiger partial charge in [0.05, 0.1) is 0 Å². The number of carbonyl (C=O) groups excluding carboxylic acids is 3. The molecule has 0 atom stereocenters.